The van der Waals surface area contributed by atoms with Crippen LogP contribution in [0.15, 0.2) is 56.9 Å². The van der Waals surface area contributed by atoms with E-state index >= 15 is 0 Å². The molecule has 0 fully saturated rings. The van der Waals surface area contributed by atoms with Crippen LogP contribution in [0.1, 0.15) is 29.5 Å². The van der Waals surface area contributed by atoms with E-state index < -0.39 is 0 Å². The number of aryl methyl sites for hydroxylation is 2. The zero-order valence-corrected chi connectivity index (χ0v) is 18.8. The van der Waals surface area contributed by atoms with E-state index in [2.05, 4.69) is 20.3 Å². The van der Waals surface area contributed by atoms with Crippen molar-refractivity contribution in [3.05, 3.63) is 70.1 Å². The fourth-order valence-electron chi connectivity index (χ4n) is 3.63. The Balaban J connectivity index is 1.79. The Labute approximate surface area is 187 Å². The van der Waals surface area contributed by atoms with E-state index in [0.29, 0.717) is 39.5 Å². The minimum atomic E-state index is -0.193. The van der Waals surface area contributed by atoms with Gasteiger partial charge in [-0.1, -0.05) is 35.1 Å². The molecule has 0 radical (unpaired) electrons. The number of ether oxygens (including phenoxy) is 1. The number of aromatic nitrogens is 6. The second-order valence-corrected chi connectivity index (χ2v) is 8.70. The quantitative estimate of drug-likeness (QED) is 0.373. The smallest absolute Gasteiger partial charge is 0.267 e. The Kier molecular flexibility index (Phi) is 4.93. The molecule has 0 spiro atoms. The lowest BCUT2D eigenvalue weighted by Gasteiger charge is -2.15. The minimum Gasteiger partial charge on any atom is -0.495 e. The zero-order valence-electron chi connectivity index (χ0n) is 17.9. The summed E-state index contributed by atoms with van der Waals surface area (Å²) >= 11 is 1.43. The van der Waals surface area contributed by atoms with Crippen LogP contribution in [0.25, 0.3) is 22.4 Å². The van der Waals surface area contributed by atoms with E-state index in [4.69, 9.17) is 9.26 Å². The molecule has 0 saturated carbocycles. The van der Waals surface area contributed by atoms with Crippen molar-refractivity contribution in [3.8, 4) is 11.4 Å². The topological polar surface area (TPSA) is 100 Å². The van der Waals surface area contributed by atoms with Gasteiger partial charge in [0, 0.05) is 0 Å². The summed E-state index contributed by atoms with van der Waals surface area (Å²) in [4.78, 5) is 17.9. The molecular formula is C22H20N6O3S. The summed E-state index contributed by atoms with van der Waals surface area (Å²) in [5.74, 6) is 2.04. The molecule has 2 aromatic carbocycles. The van der Waals surface area contributed by atoms with Crippen molar-refractivity contribution in [2.45, 2.75) is 31.2 Å². The highest BCUT2D eigenvalue weighted by atomic mass is 32.2. The Morgan fingerprint density at radius 2 is 1.94 bits per heavy atom. The average Bonchev–Trinajstić information content (AvgIpc) is 3.41. The second kappa shape index (κ2) is 7.79. The molecule has 3 aromatic heterocycles. The van der Waals surface area contributed by atoms with Crippen LogP contribution in [-0.4, -0.2) is 36.4 Å². The van der Waals surface area contributed by atoms with Gasteiger partial charge in [-0.25, -0.2) is 4.57 Å². The highest BCUT2D eigenvalue weighted by Crippen LogP contribution is 2.34. The Bertz CT molecular complexity index is 1520. The van der Waals surface area contributed by atoms with E-state index in [1.807, 2.05) is 54.6 Å². The van der Waals surface area contributed by atoms with Crippen molar-refractivity contribution in [2.24, 2.45) is 0 Å². The number of hydrogen-bond donors (Lipinski definition) is 0. The fourth-order valence-corrected chi connectivity index (χ4v) is 4.52. The number of fused-ring (bicyclic) bond motifs is 3. The summed E-state index contributed by atoms with van der Waals surface area (Å²) in [6.07, 6.45) is 0. The molecule has 0 bridgehead atoms. The predicted molar refractivity (Wildman–Crippen MR) is 121 cm³/mol. The maximum absolute atomic E-state index is 13.6. The standard InChI is InChI=1S/C22H20N6O3S/c1-12-9-10-18(30-4)17(11-12)27-20(29)15-7-5-6-8-16(15)28-21(27)24-25-22(28)32-13(2)19-23-14(3)26-31-19/h5-11,13H,1-4H3/t13-/m1/s1. The lowest BCUT2D eigenvalue weighted by molar-refractivity contribution is 0.376. The first-order chi connectivity index (χ1) is 15.5. The van der Waals surface area contributed by atoms with Crippen molar-refractivity contribution in [1.29, 1.82) is 0 Å². The van der Waals surface area contributed by atoms with Gasteiger partial charge in [-0.3, -0.25) is 9.20 Å². The monoisotopic (exact) mass is 448 g/mol. The van der Waals surface area contributed by atoms with Crippen LogP contribution >= 0.6 is 11.8 Å². The number of hydrogen-bond acceptors (Lipinski definition) is 8. The third kappa shape index (κ3) is 3.23. The first-order valence-electron chi connectivity index (χ1n) is 9.98. The lowest BCUT2D eigenvalue weighted by atomic mass is 10.2. The van der Waals surface area contributed by atoms with Crippen LogP contribution in [0.4, 0.5) is 0 Å². The molecular weight excluding hydrogens is 428 g/mol. The van der Waals surface area contributed by atoms with E-state index in [0.717, 1.165) is 11.1 Å². The Morgan fingerprint density at radius 3 is 2.69 bits per heavy atom. The molecule has 0 aliphatic carbocycles. The molecule has 0 saturated heterocycles. The average molecular weight is 449 g/mol. The molecule has 3 heterocycles. The number of rotatable bonds is 5. The lowest BCUT2D eigenvalue weighted by Crippen LogP contribution is -2.22. The number of benzene rings is 2. The third-order valence-corrected chi connectivity index (χ3v) is 6.17. The van der Waals surface area contributed by atoms with Crippen LogP contribution in [-0.2, 0) is 0 Å². The summed E-state index contributed by atoms with van der Waals surface area (Å²) in [5.41, 5.74) is 2.13. The fraction of sp³-hybridized carbons (Fsp3) is 0.227. The van der Waals surface area contributed by atoms with Gasteiger partial charge in [0.05, 0.1) is 29.0 Å². The normalized spacial score (nSPS) is 12.5. The van der Waals surface area contributed by atoms with Gasteiger partial charge in [0.25, 0.3) is 5.56 Å². The highest BCUT2D eigenvalue weighted by Gasteiger charge is 2.23. The van der Waals surface area contributed by atoms with Crippen LogP contribution in [0.3, 0.4) is 0 Å². The zero-order chi connectivity index (χ0) is 22.4. The molecule has 162 valence electrons. The van der Waals surface area contributed by atoms with Gasteiger partial charge in [0.1, 0.15) is 5.75 Å². The van der Waals surface area contributed by atoms with Crippen molar-refractivity contribution < 1.29 is 9.26 Å². The predicted octanol–water partition coefficient (Wildman–Crippen LogP) is 3.90. The summed E-state index contributed by atoms with van der Waals surface area (Å²) in [7, 11) is 1.58. The highest BCUT2D eigenvalue weighted by molar-refractivity contribution is 7.99. The van der Waals surface area contributed by atoms with Gasteiger partial charge in [-0.2, -0.15) is 4.98 Å². The van der Waals surface area contributed by atoms with Crippen LogP contribution in [0.2, 0.25) is 0 Å². The van der Waals surface area contributed by atoms with Gasteiger partial charge >= 0.3 is 0 Å². The molecule has 0 N–H and O–H groups in total. The summed E-state index contributed by atoms with van der Waals surface area (Å²) in [5, 5.41) is 13.7. The number of methoxy groups -OCH3 is 1. The van der Waals surface area contributed by atoms with Crippen LogP contribution < -0.4 is 10.3 Å². The number of para-hydroxylation sites is 1. The first kappa shape index (κ1) is 20.3. The third-order valence-electron chi connectivity index (χ3n) is 5.14. The molecule has 9 nitrogen and oxygen atoms in total. The molecule has 0 aliphatic rings. The summed E-state index contributed by atoms with van der Waals surface area (Å²) in [6, 6.07) is 13.1. The van der Waals surface area contributed by atoms with Crippen molar-refractivity contribution in [2.75, 3.05) is 7.11 Å². The molecule has 0 unspecified atom stereocenters. The molecule has 5 rings (SSSR count). The molecule has 0 amide bonds. The number of nitrogens with zero attached hydrogens (tertiary/aromatic N) is 6. The largest absolute Gasteiger partial charge is 0.495 e. The van der Waals surface area contributed by atoms with Gasteiger partial charge in [-0.05, 0) is 50.6 Å². The van der Waals surface area contributed by atoms with Gasteiger partial charge in [-0.15, -0.1) is 10.2 Å². The van der Waals surface area contributed by atoms with Gasteiger partial charge in [0.15, 0.2) is 11.0 Å². The van der Waals surface area contributed by atoms with Crippen molar-refractivity contribution in [1.82, 2.24) is 29.3 Å². The van der Waals surface area contributed by atoms with E-state index in [1.165, 1.54) is 11.8 Å². The van der Waals surface area contributed by atoms with Crippen LogP contribution in [0, 0.1) is 13.8 Å². The summed E-state index contributed by atoms with van der Waals surface area (Å²) < 4.78 is 14.3. The Hall–Kier alpha value is -3.66. The Morgan fingerprint density at radius 1 is 1.12 bits per heavy atom. The van der Waals surface area contributed by atoms with E-state index in [-0.39, 0.29) is 10.8 Å². The molecule has 32 heavy (non-hydrogen) atoms. The van der Waals surface area contributed by atoms with Crippen molar-refractivity contribution in [3.63, 3.8) is 0 Å². The summed E-state index contributed by atoms with van der Waals surface area (Å²) in [6.45, 7) is 5.70. The SMILES string of the molecule is COc1ccc(C)cc1-n1c(=O)c2ccccc2n2c(S[C@H](C)c3nc(C)no3)nnc12. The molecule has 5 aromatic rings. The van der Waals surface area contributed by atoms with Crippen LogP contribution in [0.5, 0.6) is 5.75 Å². The van der Waals surface area contributed by atoms with E-state index in [9.17, 15) is 4.79 Å². The first-order valence-corrected chi connectivity index (χ1v) is 10.9. The molecule has 10 heteroatoms. The second-order valence-electron chi connectivity index (χ2n) is 7.39. The minimum absolute atomic E-state index is 0.156. The van der Waals surface area contributed by atoms with Gasteiger partial charge < -0.3 is 9.26 Å². The molecule has 0 aliphatic heterocycles. The maximum atomic E-state index is 13.6. The molecule has 1 atom stereocenters. The maximum Gasteiger partial charge on any atom is 0.267 e. The van der Waals surface area contributed by atoms with Gasteiger partial charge in [0.2, 0.25) is 11.7 Å². The van der Waals surface area contributed by atoms with E-state index in [1.54, 1.807) is 24.7 Å². The van der Waals surface area contributed by atoms with Crippen molar-refractivity contribution >= 4 is 28.4 Å². The number of thioether (sulfide) groups is 1.